The number of hydrogen-bond acceptors (Lipinski definition) is 3. The van der Waals surface area contributed by atoms with Crippen LogP contribution < -0.4 is 25.5 Å². The molecular weight excluding hydrogens is 230 g/mol. The third-order valence-electron chi connectivity index (χ3n) is 3.27. The van der Waals surface area contributed by atoms with Crippen molar-refractivity contribution in [3.8, 4) is 0 Å². The van der Waals surface area contributed by atoms with Crippen LogP contribution in [-0.2, 0) is 0 Å². The van der Waals surface area contributed by atoms with E-state index in [9.17, 15) is 10.4 Å². The van der Waals surface area contributed by atoms with Gasteiger partial charge in [-0.1, -0.05) is 13.3 Å². The standard InChI is InChI=1S/C13H19N3O2/c1-4-5-8-14-10-6-7-11-12(9-10)16(18)13(2,3)15(11)17/h6-7,9,14H,4-5,8H2,1-3H3. The Kier molecular flexibility index (Phi) is 3.15. The summed E-state index contributed by atoms with van der Waals surface area (Å²) in [6, 6.07) is 5.29. The first kappa shape index (κ1) is 12.7. The van der Waals surface area contributed by atoms with E-state index in [4.69, 9.17) is 0 Å². The number of hydroxylamine groups is 2. The van der Waals surface area contributed by atoms with E-state index in [1.54, 1.807) is 26.0 Å². The van der Waals surface area contributed by atoms with Crippen LogP contribution in [0.4, 0.5) is 5.69 Å². The van der Waals surface area contributed by atoms with Gasteiger partial charge in [0.1, 0.15) is 0 Å². The molecule has 0 aliphatic carbocycles. The van der Waals surface area contributed by atoms with Gasteiger partial charge in [0.15, 0.2) is 0 Å². The van der Waals surface area contributed by atoms with Crippen LogP contribution in [0.3, 0.4) is 0 Å². The van der Waals surface area contributed by atoms with Crippen molar-refractivity contribution < 1.29 is 0 Å². The van der Waals surface area contributed by atoms with Crippen LogP contribution in [0.25, 0.3) is 0 Å². The third kappa shape index (κ3) is 1.89. The van der Waals surface area contributed by atoms with Crippen molar-refractivity contribution in [2.45, 2.75) is 39.3 Å². The van der Waals surface area contributed by atoms with Crippen LogP contribution in [0.15, 0.2) is 18.2 Å². The van der Waals surface area contributed by atoms with Gasteiger partial charge in [-0.05, 0) is 12.5 Å². The zero-order valence-electron chi connectivity index (χ0n) is 11.1. The molecule has 0 saturated heterocycles. The molecule has 2 rings (SSSR count). The molecule has 18 heavy (non-hydrogen) atoms. The summed E-state index contributed by atoms with van der Waals surface area (Å²) in [6.45, 7) is 6.24. The molecule has 1 aromatic rings. The van der Waals surface area contributed by atoms with Gasteiger partial charge < -0.3 is 15.7 Å². The number of rotatable bonds is 4. The summed E-state index contributed by atoms with van der Waals surface area (Å²) in [7, 11) is 0. The smallest absolute Gasteiger partial charge is 0.366 e. The van der Waals surface area contributed by atoms with Gasteiger partial charge in [0.05, 0.1) is 13.8 Å². The van der Waals surface area contributed by atoms with E-state index in [1.807, 2.05) is 6.07 Å². The Morgan fingerprint density at radius 2 is 1.83 bits per heavy atom. The Morgan fingerprint density at radius 3 is 2.50 bits per heavy atom. The minimum Gasteiger partial charge on any atom is -0.618 e. The highest BCUT2D eigenvalue weighted by Gasteiger charge is 2.42. The molecule has 0 amide bonds. The number of nitrogens with zero attached hydrogens (tertiary/aromatic N) is 2. The van der Waals surface area contributed by atoms with Gasteiger partial charge in [0.2, 0.25) is 0 Å². The summed E-state index contributed by atoms with van der Waals surface area (Å²) in [6.07, 6.45) is 2.20. The minimum absolute atomic E-state index is 0.441. The number of benzene rings is 1. The molecule has 0 aromatic heterocycles. The monoisotopic (exact) mass is 249 g/mol. The Balaban J connectivity index is 2.41. The maximum Gasteiger partial charge on any atom is 0.366 e. The molecule has 0 saturated carbocycles. The molecule has 1 aliphatic rings. The molecule has 1 heterocycles. The summed E-state index contributed by atoms with van der Waals surface area (Å²) < 4.78 is 1.55. The number of fused-ring (bicyclic) bond motifs is 1. The summed E-state index contributed by atoms with van der Waals surface area (Å²) in [5, 5.41) is 28.1. The average Bonchev–Trinajstić information content (AvgIpc) is 2.52. The van der Waals surface area contributed by atoms with Crippen molar-refractivity contribution in [1.82, 2.24) is 9.48 Å². The van der Waals surface area contributed by atoms with Crippen molar-refractivity contribution in [3.05, 3.63) is 39.3 Å². The van der Waals surface area contributed by atoms with Crippen molar-refractivity contribution >= 4 is 5.69 Å². The van der Waals surface area contributed by atoms with Gasteiger partial charge in [-0.2, -0.15) is 0 Å². The molecule has 0 spiro atoms. The Bertz CT molecular complexity index is 578. The van der Waals surface area contributed by atoms with Gasteiger partial charge in [0, 0.05) is 24.4 Å². The van der Waals surface area contributed by atoms with Crippen LogP contribution >= 0.6 is 0 Å². The van der Waals surface area contributed by atoms with Crippen LogP contribution in [-0.4, -0.2) is 12.2 Å². The molecule has 1 aliphatic heterocycles. The Hall–Kier alpha value is -1.78. The molecule has 5 nitrogen and oxygen atoms in total. The molecule has 0 bridgehead atoms. The topological polar surface area (TPSA) is 64.2 Å². The predicted molar refractivity (Wildman–Crippen MR) is 72.4 cm³/mol. The lowest BCUT2D eigenvalue weighted by Gasteiger charge is -2.17. The van der Waals surface area contributed by atoms with E-state index in [0.29, 0.717) is 10.7 Å². The lowest BCUT2D eigenvalue weighted by Crippen LogP contribution is -2.46. The van der Waals surface area contributed by atoms with E-state index in [0.717, 1.165) is 34.6 Å². The fourth-order valence-corrected chi connectivity index (χ4v) is 2.05. The lowest BCUT2D eigenvalue weighted by atomic mass is 10.2. The van der Waals surface area contributed by atoms with E-state index in [2.05, 4.69) is 12.2 Å². The largest absolute Gasteiger partial charge is 0.618 e. The summed E-state index contributed by atoms with van der Waals surface area (Å²) in [4.78, 5) is 0. The van der Waals surface area contributed by atoms with E-state index in [1.165, 1.54) is 0 Å². The summed E-state index contributed by atoms with van der Waals surface area (Å²) in [5.74, 6) is 0. The van der Waals surface area contributed by atoms with Crippen LogP contribution in [0.2, 0.25) is 0 Å². The highest BCUT2D eigenvalue weighted by Crippen LogP contribution is 2.07. The van der Waals surface area contributed by atoms with Crippen LogP contribution in [0, 0.1) is 10.4 Å². The first-order valence-corrected chi connectivity index (χ1v) is 6.31. The van der Waals surface area contributed by atoms with Crippen molar-refractivity contribution in [2.24, 2.45) is 0 Å². The number of hydrogen-bond donors (Lipinski definition) is 1. The molecule has 5 heteroatoms. The number of anilines is 1. The first-order valence-electron chi connectivity index (χ1n) is 6.31. The molecule has 1 N–H and O–H groups in total. The molecular formula is C13H19N3O2. The third-order valence-corrected chi connectivity index (χ3v) is 3.27. The second-order valence-corrected chi connectivity index (χ2v) is 5.07. The van der Waals surface area contributed by atoms with Crippen molar-refractivity contribution in [3.63, 3.8) is 0 Å². The fraction of sp³-hybridized carbons (Fsp3) is 0.538. The molecule has 0 atom stereocenters. The quantitative estimate of drug-likeness (QED) is 0.483. The Morgan fingerprint density at radius 1 is 1.17 bits per heavy atom. The van der Waals surface area contributed by atoms with Gasteiger partial charge >= 0.3 is 5.66 Å². The van der Waals surface area contributed by atoms with Gasteiger partial charge in [-0.25, -0.2) is 0 Å². The van der Waals surface area contributed by atoms with E-state index < -0.39 is 5.66 Å². The van der Waals surface area contributed by atoms with Gasteiger partial charge in [0.25, 0.3) is 10.7 Å². The second kappa shape index (κ2) is 4.48. The highest BCUT2D eigenvalue weighted by molar-refractivity contribution is 5.42. The van der Waals surface area contributed by atoms with E-state index >= 15 is 0 Å². The van der Waals surface area contributed by atoms with E-state index in [-0.39, 0.29) is 0 Å². The lowest BCUT2D eigenvalue weighted by molar-refractivity contribution is 0.322. The van der Waals surface area contributed by atoms with Crippen LogP contribution in [0.5, 0.6) is 0 Å². The maximum atomic E-state index is 12.1. The molecule has 98 valence electrons. The molecule has 1 aromatic carbocycles. The van der Waals surface area contributed by atoms with Crippen molar-refractivity contribution in [2.75, 3.05) is 11.9 Å². The number of nitrogens with one attached hydrogen (secondary N) is 1. The Labute approximate surface area is 106 Å². The number of unbranched alkanes of at least 4 members (excludes halogenated alkanes) is 1. The molecule has 0 radical (unpaired) electrons. The molecule has 0 unspecified atom stereocenters. The molecule has 0 fully saturated rings. The fourth-order valence-electron chi connectivity index (χ4n) is 2.05. The summed E-state index contributed by atoms with van der Waals surface area (Å²) >= 11 is 0. The highest BCUT2D eigenvalue weighted by atomic mass is 16.5. The first-order chi connectivity index (χ1) is 8.48. The van der Waals surface area contributed by atoms with Gasteiger partial charge in [-0.3, -0.25) is 0 Å². The zero-order valence-corrected chi connectivity index (χ0v) is 11.1. The normalized spacial score (nSPS) is 16.8. The zero-order chi connectivity index (χ0) is 13.3. The van der Waals surface area contributed by atoms with Gasteiger partial charge in [-0.15, -0.1) is 9.48 Å². The van der Waals surface area contributed by atoms with Crippen LogP contribution in [0.1, 0.15) is 33.6 Å². The minimum atomic E-state index is -1.07. The average molecular weight is 249 g/mol. The predicted octanol–water partition coefficient (Wildman–Crippen LogP) is 0.626. The van der Waals surface area contributed by atoms with Crippen molar-refractivity contribution in [1.29, 1.82) is 0 Å². The second-order valence-electron chi connectivity index (χ2n) is 5.07. The SMILES string of the molecule is CCCCNc1ccc2c(c1)=[N+]([O-])C(C)(C)[N+]=2[O-]. The summed E-state index contributed by atoms with van der Waals surface area (Å²) in [5.41, 5.74) is -0.182. The maximum absolute atomic E-state index is 12.1.